The first kappa shape index (κ1) is 18.1. The Kier molecular flexibility index (Phi) is 4.98. The zero-order valence-electron chi connectivity index (χ0n) is 15.6. The van der Waals surface area contributed by atoms with Gasteiger partial charge in [-0.25, -0.2) is 0 Å². The van der Waals surface area contributed by atoms with E-state index in [0.29, 0.717) is 22.3 Å². The molecule has 0 saturated heterocycles. The SMILES string of the molecule is COc1ccc(OCc2nnc3sc(-c4ccc(OC)cc4OC)nn23)cc1. The Balaban J connectivity index is 1.58. The number of benzene rings is 2. The van der Waals surface area contributed by atoms with Crippen LogP contribution in [-0.4, -0.2) is 41.1 Å². The lowest BCUT2D eigenvalue weighted by molar-refractivity contribution is 0.292. The minimum atomic E-state index is 0.246. The molecule has 0 aliphatic rings. The predicted molar refractivity (Wildman–Crippen MR) is 105 cm³/mol. The summed E-state index contributed by atoms with van der Waals surface area (Å²) >= 11 is 1.43. The maximum Gasteiger partial charge on any atom is 0.235 e. The lowest BCUT2D eigenvalue weighted by Gasteiger charge is -2.07. The molecule has 0 atom stereocenters. The molecule has 4 rings (SSSR count). The largest absolute Gasteiger partial charge is 0.497 e. The summed E-state index contributed by atoms with van der Waals surface area (Å²) in [5, 5.41) is 13.8. The fourth-order valence-electron chi connectivity index (χ4n) is 2.65. The molecular formula is C19H18N4O4S. The monoisotopic (exact) mass is 398 g/mol. The molecule has 144 valence electrons. The van der Waals surface area contributed by atoms with E-state index >= 15 is 0 Å². The molecule has 2 aromatic heterocycles. The molecule has 0 bridgehead atoms. The van der Waals surface area contributed by atoms with Crippen molar-refractivity contribution in [3.05, 3.63) is 48.3 Å². The van der Waals surface area contributed by atoms with Crippen molar-refractivity contribution in [2.75, 3.05) is 21.3 Å². The Morgan fingerprint density at radius 3 is 2.29 bits per heavy atom. The maximum atomic E-state index is 5.79. The summed E-state index contributed by atoms with van der Waals surface area (Å²) < 4.78 is 23.4. The van der Waals surface area contributed by atoms with Crippen molar-refractivity contribution < 1.29 is 18.9 Å². The van der Waals surface area contributed by atoms with Crippen LogP contribution >= 0.6 is 11.3 Å². The second-order valence-corrected chi connectivity index (χ2v) is 6.70. The van der Waals surface area contributed by atoms with Gasteiger partial charge in [0.25, 0.3) is 0 Å². The highest BCUT2D eigenvalue weighted by atomic mass is 32.1. The second kappa shape index (κ2) is 7.73. The van der Waals surface area contributed by atoms with E-state index in [0.717, 1.165) is 22.1 Å². The van der Waals surface area contributed by atoms with Gasteiger partial charge >= 0.3 is 0 Å². The molecule has 28 heavy (non-hydrogen) atoms. The molecular weight excluding hydrogens is 380 g/mol. The van der Waals surface area contributed by atoms with Gasteiger partial charge in [-0.2, -0.15) is 9.61 Å². The fraction of sp³-hybridized carbons (Fsp3) is 0.211. The number of hydrogen-bond acceptors (Lipinski definition) is 8. The Morgan fingerprint density at radius 1 is 0.857 bits per heavy atom. The quantitative estimate of drug-likeness (QED) is 0.472. The van der Waals surface area contributed by atoms with E-state index in [1.807, 2.05) is 42.5 Å². The van der Waals surface area contributed by atoms with Crippen LogP contribution < -0.4 is 18.9 Å². The van der Waals surface area contributed by atoms with Crippen LogP contribution in [0.2, 0.25) is 0 Å². The first-order valence-corrected chi connectivity index (χ1v) is 9.24. The normalized spacial score (nSPS) is 10.8. The minimum absolute atomic E-state index is 0.246. The lowest BCUT2D eigenvalue weighted by Crippen LogP contribution is -2.02. The van der Waals surface area contributed by atoms with Crippen molar-refractivity contribution in [2.24, 2.45) is 0 Å². The Hall–Kier alpha value is -3.33. The maximum absolute atomic E-state index is 5.79. The van der Waals surface area contributed by atoms with Crippen molar-refractivity contribution >= 4 is 16.3 Å². The summed E-state index contributed by atoms with van der Waals surface area (Å²) in [5.74, 6) is 3.50. The van der Waals surface area contributed by atoms with Crippen LogP contribution in [0.5, 0.6) is 23.0 Å². The van der Waals surface area contributed by atoms with E-state index in [9.17, 15) is 0 Å². The molecule has 0 unspecified atom stereocenters. The zero-order chi connectivity index (χ0) is 19.5. The standard InChI is InChI=1S/C19H18N4O4S/c1-24-12-4-6-13(7-5-12)27-11-17-20-21-19-23(17)22-18(28-19)15-9-8-14(25-2)10-16(15)26-3/h4-10H,11H2,1-3H3. The molecule has 0 spiro atoms. The molecule has 0 amide bonds. The number of methoxy groups -OCH3 is 3. The topological polar surface area (TPSA) is 80.0 Å². The number of ether oxygens (including phenoxy) is 4. The highest BCUT2D eigenvalue weighted by Crippen LogP contribution is 2.35. The van der Waals surface area contributed by atoms with Gasteiger partial charge in [0.1, 0.15) is 29.6 Å². The third kappa shape index (κ3) is 3.44. The van der Waals surface area contributed by atoms with Gasteiger partial charge in [0.15, 0.2) is 10.8 Å². The smallest absolute Gasteiger partial charge is 0.235 e. The van der Waals surface area contributed by atoms with Gasteiger partial charge in [-0.05, 0) is 36.4 Å². The number of nitrogens with zero attached hydrogens (tertiary/aromatic N) is 4. The second-order valence-electron chi connectivity index (χ2n) is 5.75. The van der Waals surface area contributed by atoms with E-state index in [-0.39, 0.29) is 6.61 Å². The molecule has 0 fully saturated rings. The summed E-state index contributed by atoms with van der Waals surface area (Å²) in [6.07, 6.45) is 0. The highest BCUT2D eigenvalue weighted by molar-refractivity contribution is 7.19. The highest BCUT2D eigenvalue weighted by Gasteiger charge is 2.16. The van der Waals surface area contributed by atoms with Gasteiger partial charge in [0.2, 0.25) is 4.96 Å². The van der Waals surface area contributed by atoms with Crippen LogP contribution in [0.25, 0.3) is 15.5 Å². The molecule has 0 radical (unpaired) electrons. The number of hydrogen-bond donors (Lipinski definition) is 0. The molecule has 2 aromatic carbocycles. The number of aromatic nitrogens is 4. The fourth-order valence-corrected chi connectivity index (χ4v) is 3.54. The first-order valence-electron chi connectivity index (χ1n) is 8.42. The number of rotatable bonds is 7. The Labute approximate surface area is 165 Å². The van der Waals surface area contributed by atoms with Gasteiger partial charge in [-0.1, -0.05) is 11.3 Å². The summed E-state index contributed by atoms with van der Waals surface area (Å²) in [6, 6.07) is 13.0. The first-order chi connectivity index (χ1) is 13.7. The molecule has 9 heteroatoms. The van der Waals surface area contributed by atoms with Crippen molar-refractivity contribution in [2.45, 2.75) is 6.61 Å². The summed E-state index contributed by atoms with van der Waals surface area (Å²) in [7, 11) is 4.86. The predicted octanol–water partition coefficient (Wildman–Crippen LogP) is 3.46. The van der Waals surface area contributed by atoms with Gasteiger partial charge in [-0.15, -0.1) is 10.2 Å². The third-order valence-corrected chi connectivity index (χ3v) is 5.05. The van der Waals surface area contributed by atoms with E-state index in [4.69, 9.17) is 18.9 Å². The van der Waals surface area contributed by atoms with Crippen LogP contribution in [0.4, 0.5) is 0 Å². The van der Waals surface area contributed by atoms with Crippen LogP contribution in [-0.2, 0) is 6.61 Å². The molecule has 4 aromatic rings. The van der Waals surface area contributed by atoms with Crippen LogP contribution in [0.1, 0.15) is 5.82 Å². The molecule has 2 heterocycles. The van der Waals surface area contributed by atoms with Crippen LogP contribution in [0.3, 0.4) is 0 Å². The average Bonchev–Trinajstić information content (AvgIpc) is 3.33. The lowest BCUT2D eigenvalue weighted by atomic mass is 10.2. The van der Waals surface area contributed by atoms with Crippen LogP contribution in [0.15, 0.2) is 42.5 Å². The Morgan fingerprint density at radius 2 is 1.57 bits per heavy atom. The van der Waals surface area contributed by atoms with Crippen LogP contribution in [0, 0.1) is 0 Å². The third-order valence-electron chi connectivity index (χ3n) is 4.12. The molecule has 0 aliphatic carbocycles. The van der Waals surface area contributed by atoms with E-state index in [2.05, 4.69) is 15.3 Å². The zero-order valence-corrected chi connectivity index (χ0v) is 16.4. The van der Waals surface area contributed by atoms with Crippen molar-refractivity contribution in [1.29, 1.82) is 0 Å². The molecule has 8 nitrogen and oxygen atoms in total. The van der Waals surface area contributed by atoms with Gasteiger partial charge in [0.05, 0.1) is 26.9 Å². The van der Waals surface area contributed by atoms with E-state index in [1.54, 1.807) is 25.8 Å². The molecule has 0 aliphatic heterocycles. The number of fused-ring (bicyclic) bond motifs is 1. The van der Waals surface area contributed by atoms with E-state index in [1.165, 1.54) is 11.3 Å². The average molecular weight is 398 g/mol. The minimum Gasteiger partial charge on any atom is -0.497 e. The molecule has 0 saturated carbocycles. The Bertz CT molecular complexity index is 1090. The van der Waals surface area contributed by atoms with E-state index < -0.39 is 0 Å². The van der Waals surface area contributed by atoms with Gasteiger partial charge in [-0.3, -0.25) is 0 Å². The van der Waals surface area contributed by atoms with Gasteiger partial charge < -0.3 is 18.9 Å². The summed E-state index contributed by atoms with van der Waals surface area (Å²) in [5.41, 5.74) is 0.862. The van der Waals surface area contributed by atoms with Gasteiger partial charge in [0, 0.05) is 6.07 Å². The summed E-state index contributed by atoms with van der Waals surface area (Å²) in [6.45, 7) is 0.246. The molecule has 0 N–H and O–H groups in total. The van der Waals surface area contributed by atoms with Crippen molar-refractivity contribution in [3.8, 4) is 33.6 Å². The summed E-state index contributed by atoms with van der Waals surface area (Å²) in [4.78, 5) is 0.682. The van der Waals surface area contributed by atoms with Crippen molar-refractivity contribution in [3.63, 3.8) is 0 Å². The van der Waals surface area contributed by atoms with Crippen molar-refractivity contribution in [1.82, 2.24) is 19.8 Å².